The molecule has 2 aliphatic rings. The molecule has 2 heterocycles. The van der Waals surface area contributed by atoms with Crippen LogP contribution in [0.4, 0.5) is 23.8 Å². The Morgan fingerprint density at radius 3 is 2.47 bits per heavy atom. The number of amides is 2. The zero-order valence-corrected chi connectivity index (χ0v) is 19.7. The Morgan fingerprint density at radius 2 is 1.75 bits per heavy atom. The largest absolute Gasteiger partial charge is 0.522 e. The van der Waals surface area contributed by atoms with Crippen LogP contribution in [0.1, 0.15) is 29.2 Å². The lowest BCUT2D eigenvalue weighted by Gasteiger charge is -2.21. The lowest BCUT2D eigenvalue weighted by atomic mass is 9.94. The first-order valence-corrected chi connectivity index (χ1v) is 12.1. The van der Waals surface area contributed by atoms with Crippen molar-refractivity contribution in [2.24, 2.45) is 0 Å². The number of carbonyl (C=O) groups excluding carboxylic acids is 1. The van der Waals surface area contributed by atoms with Gasteiger partial charge in [0.05, 0.1) is 24.0 Å². The van der Waals surface area contributed by atoms with Gasteiger partial charge in [-0.15, -0.1) is 13.2 Å². The third kappa shape index (κ3) is 5.55. The number of aryl methyl sites for hydroxylation is 1. The molecule has 10 heteroatoms. The summed E-state index contributed by atoms with van der Waals surface area (Å²) in [7, 11) is 0. The molecule has 0 radical (unpaired) electrons. The Labute approximate surface area is 207 Å². The van der Waals surface area contributed by atoms with Crippen LogP contribution in [0.2, 0.25) is 0 Å². The molecule has 2 atom stereocenters. The van der Waals surface area contributed by atoms with Gasteiger partial charge in [-0.25, -0.2) is 9.48 Å². The van der Waals surface area contributed by atoms with Gasteiger partial charge in [0.25, 0.3) is 0 Å². The maximum Gasteiger partial charge on any atom is 0.522 e. The van der Waals surface area contributed by atoms with Crippen molar-refractivity contribution >= 4 is 11.8 Å². The number of hydrogen-bond acceptors (Lipinski definition) is 4. The predicted molar refractivity (Wildman–Crippen MR) is 129 cm³/mol. The zero-order chi connectivity index (χ0) is 25.1. The van der Waals surface area contributed by atoms with Gasteiger partial charge in [0, 0.05) is 31.1 Å². The highest BCUT2D eigenvalue weighted by molar-refractivity contribution is 5.90. The summed E-state index contributed by atoms with van der Waals surface area (Å²) in [6.45, 7) is 0.612. The van der Waals surface area contributed by atoms with Crippen molar-refractivity contribution in [3.05, 3.63) is 77.5 Å². The van der Waals surface area contributed by atoms with Crippen molar-refractivity contribution in [3.8, 4) is 5.69 Å². The van der Waals surface area contributed by atoms with E-state index in [0.717, 1.165) is 41.8 Å². The van der Waals surface area contributed by atoms with Gasteiger partial charge in [-0.05, 0) is 37.0 Å². The number of alkyl halides is 3. The fourth-order valence-corrected chi connectivity index (χ4v) is 5.13. The van der Waals surface area contributed by atoms with Crippen LogP contribution in [0.3, 0.4) is 0 Å². The molecule has 7 nitrogen and oxygen atoms in total. The molecule has 2 amide bonds. The van der Waals surface area contributed by atoms with Crippen LogP contribution in [0, 0.1) is 0 Å². The number of aromatic nitrogens is 2. The van der Waals surface area contributed by atoms with Gasteiger partial charge in [0.15, 0.2) is 0 Å². The van der Waals surface area contributed by atoms with Crippen LogP contribution >= 0.6 is 0 Å². The third-order valence-electron chi connectivity index (χ3n) is 6.75. The number of anilines is 1. The Morgan fingerprint density at radius 1 is 1.03 bits per heavy atom. The Bertz CT molecular complexity index is 1180. The summed E-state index contributed by atoms with van der Waals surface area (Å²) in [5.41, 5.74) is 3.93. The van der Waals surface area contributed by atoms with E-state index in [4.69, 9.17) is 5.10 Å². The van der Waals surface area contributed by atoms with Crippen LogP contribution in [-0.4, -0.2) is 59.4 Å². The van der Waals surface area contributed by atoms with Gasteiger partial charge < -0.3 is 5.32 Å². The van der Waals surface area contributed by atoms with Gasteiger partial charge in [-0.3, -0.25) is 15.0 Å². The molecule has 2 aromatic carbocycles. The molecule has 5 rings (SSSR count). The molecule has 0 spiro atoms. The summed E-state index contributed by atoms with van der Waals surface area (Å²) in [5.74, 6) is 0.600. The number of para-hydroxylation sites is 1. The van der Waals surface area contributed by atoms with E-state index in [1.807, 2.05) is 65.6 Å². The van der Waals surface area contributed by atoms with Crippen LogP contribution in [0.15, 0.2) is 60.7 Å². The predicted octanol–water partition coefficient (Wildman–Crippen LogP) is 4.49. The highest BCUT2D eigenvalue weighted by Crippen LogP contribution is 2.32. The van der Waals surface area contributed by atoms with Crippen molar-refractivity contribution in [1.29, 1.82) is 0 Å². The van der Waals surface area contributed by atoms with E-state index in [2.05, 4.69) is 15.4 Å². The van der Waals surface area contributed by atoms with E-state index in [-0.39, 0.29) is 24.5 Å². The topological polar surface area (TPSA) is 71.4 Å². The molecule has 3 aromatic rings. The van der Waals surface area contributed by atoms with Gasteiger partial charge in [0.2, 0.25) is 0 Å². The summed E-state index contributed by atoms with van der Waals surface area (Å²) in [6, 6.07) is 18.7. The second-order valence-corrected chi connectivity index (χ2v) is 9.15. The molecule has 0 saturated carbocycles. The van der Waals surface area contributed by atoms with Crippen molar-refractivity contribution < 1.29 is 22.7 Å². The minimum absolute atomic E-state index is 0.0624. The molecule has 1 unspecified atom stereocenters. The Hall–Kier alpha value is -3.37. The molecule has 36 heavy (non-hydrogen) atoms. The van der Waals surface area contributed by atoms with E-state index >= 15 is 0 Å². The highest BCUT2D eigenvalue weighted by atomic mass is 19.4. The SMILES string of the molecule is O=C(Nc1c2c(nn1-c1ccccc1)CCC2)NC1CN(CCOC(F)(F)F)C[C@H]1c1ccccc1. The number of likely N-dealkylation sites (tertiary alicyclic amines) is 1. The zero-order valence-electron chi connectivity index (χ0n) is 19.7. The number of carbonyl (C=O) groups is 1. The maximum atomic E-state index is 13.2. The summed E-state index contributed by atoms with van der Waals surface area (Å²) in [5, 5.41) is 10.8. The minimum Gasteiger partial charge on any atom is -0.333 e. The van der Waals surface area contributed by atoms with Gasteiger partial charge in [-0.1, -0.05) is 48.5 Å². The van der Waals surface area contributed by atoms with E-state index in [1.165, 1.54) is 0 Å². The first-order valence-electron chi connectivity index (χ1n) is 12.1. The van der Waals surface area contributed by atoms with Crippen molar-refractivity contribution in [1.82, 2.24) is 20.0 Å². The minimum atomic E-state index is -4.65. The van der Waals surface area contributed by atoms with E-state index in [0.29, 0.717) is 18.9 Å². The van der Waals surface area contributed by atoms with Crippen LogP contribution in [0.25, 0.3) is 5.69 Å². The number of benzene rings is 2. The fraction of sp³-hybridized carbons (Fsp3) is 0.385. The molecular weight excluding hydrogens is 471 g/mol. The monoisotopic (exact) mass is 499 g/mol. The lowest BCUT2D eigenvalue weighted by Crippen LogP contribution is -2.42. The number of fused-ring (bicyclic) bond motifs is 1. The highest BCUT2D eigenvalue weighted by Gasteiger charge is 2.36. The smallest absolute Gasteiger partial charge is 0.333 e. The van der Waals surface area contributed by atoms with E-state index < -0.39 is 13.0 Å². The normalized spacial score (nSPS) is 19.9. The molecule has 190 valence electrons. The van der Waals surface area contributed by atoms with Gasteiger partial charge in [-0.2, -0.15) is 5.10 Å². The molecule has 1 aliphatic carbocycles. The standard InChI is InChI=1S/C26H28F3N5O2/c27-26(28,29)36-15-14-33-16-21(18-8-3-1-4-9-18)23(17-33)30-25(35)31-24-20-12-7-13-22(20)32-34(24)19-10-5-2-6-11-19/h1-6,8-11,21,23H,7,12-17H2,(H2,30,31,35)/t21-,23?/m0/s1. The molecule has 0 bridgehead atoms. The second kappa shape index (κ2) is 10.3. The first kappa shape index (κ1) is 24.3. The maximum absolute atomic E-state index is 13.2. The number of halogens is 3. The second-order valence-electron chi connectivity index (χ2n) is 9.15. The van der Waals surface area contributed by atoms with Gasteiger partial charge >= 0.3 is 12.4 Å². The van der Waals surface area contributed by atoms with E-state index in [1.54, 1.807) is 4.68 Å². The number of nitrogens with zero attached hydrogens (tertiary/aromatic N) is 3. The molecule has 1 aliphatic heterocycles. The number of ether oxygens (including phenoxy) is 1. The summed E-state index contributed by atoms with van der Waals surface area (Å²) < 4.78 is 43.0. The quantitative estimate of drug-likeness (QED) is 0.503. The third-order valence-corrected chi connectivity index (χ3v) is 6.75. The first-order chi connectivity index (χ1) is 17.4. The fourth-order valence-electron chi connectivity index (χ4n) is 5.13. The molecule has 1 aromatic heterocycles. The van der Waals surface area contributed by atoms with Crippen molar-refractivity contribution in [2.45, 2.75) is 37.6 Å². The number of nitrogens with one attached hydrogen (secondary N) is 2. The van der Waals surface area contributed by atoms with Gasteiger partial charge in [0.1, 0.15) is 5.82 Å². The number of urea groups is 1. The number of hydrogen-bond donors (Lipinski definition) is 2. The molecular formula is C26H28F3N5O2. The molecule has 1 fully saturated rings. The summed E-state index contributed by atoms with van der Waals surface area (Å²) in [6.07, 6.45) is -1.94. The van der Waals surface area contributed by atoms with Crippen LogP contribution in [-0.2, 0) is 17.6 Å². The molecule has 2 N–H and O–H groups in total. The van der Waals surface area contributed by atoms with Crippen molar-refractivity contribution in [2.75, 3.05) is 31.6 Å². The number of rotatable bonds is 7. The molecule has 1 saturated heterocycles. The average molecular weight is 500 g/mol. The van der Waals surface area contributed by atoms with Crippen LogP contribution < -0.4 is 10.6 Å². The van der Waals surface area contributed by atoms with E-state index in [9.17, 15) is 18.0 Å². The van der Waals surface area contributed by atoms with Crippen molar-refractivity contribution in [3.63, 3.8) is 0 Å². The summed E-state index contributed by atoms with van der Waals surface area (Å²) in [4.78, 5) is 15.1. The Kier molecular flexibility index (Phi) is 6.97. The van der Waals surface area contributed by atoms with Crippen LogP contribution in [0.5, 0.6) is 0 Å². The summed E-state index contributed by atoms with van der Waals surface area (Å²) >= 11 is 0. The lowest BCUT2D eigenvalue weighted by molar-refractivity contribution is -0.324. The Balaban J connectivity index is 1.31. The average Bonchev–Trinajstić information content (AvgIpc) is 3.56.